The number of fused-ring (bicyclic) bond motifs is 1. The van der Waals surface area contributed by atoms with E-state index in [2.05, 4.69) is 0 Å². The molecule has 0 spiro atoms. The van der Waals surface area contributed by atoms with E-state index in [0.29, 0.717) is 22.0 Å². The number of hydrogen-bond donors (Lipinski definition) is 0. The van der Waals surface area contributed by atoms with E-state index >= 15 is 0 Å². The van der Waals surface area contributed by atoms with E-state index in [-0.39, 0.29) is 0 Å². The quantitative estimate of drug-likeness (QED) is 0.837. The standard InChI is InChI=1S/C12H8O3S2/c13-17(14)8-11(15-9-5-6-16-7-9)10-3-1-2-4-12(10)17/h1-8H. The third-order valence-electron chi connectivity index (χ3n) is 2.44. The van der Waals surface area contributed by atoms with Gasteiger partial charge >= 0.3 is 0 Å². The van der Waals surface area contributed by atoms with Gasteiger partial charge in [-0.15, -0.1) is 11.3 Å². The van der Waals surface area contributed by atoms with Gasteiger partial charge in [0.15, 0.2) is 0 Å². The van der Waals surface area contributed by atoms with Crippen LogP contribution in [0.1, 0.15) is 5.56 Å². The van der Waals surface area contributed by atoms with Gasteiger partial charge in [0.25, 0.3) is 0 Å². The zero-order chi connectivity index (χ0) is 11.9. The van der Waals surface area contributed by atoms with Crippen LogP contribution in [0, 0.1) is 0 Å². The molecule has 86 valence electrons. The molecule has 0 N–H and O–H groups in total. The highest BCUT2D eigenvalue weighted by Gasteiger charge is 2.27. The first-order valence-corrected chi connectivity index (χ1v) is 7.42. The smallest absolute Gasteiger partial charge is 0.204 e. The minimum absolute atomic E-state index is 0.310. The van der Waals surface area contributed by atoms with Gasteiger partial charge in [0.1, 0.15) is 11.5 Å². The van der Waals surface area contributed by atoms with Crippen molar-refractivity contribution in [2.45, 2.75) is 4.90 Å². The van der Waals surface area contributed by atoms with Crippen LogP contribution in [0.4, 0.5) is 0 Å². The van der Waals surface area contributed by atoms with Gasteiger partial charge in [-0.3, -0.25) is 0 Å². The van der Waals surface area contributed by atoms with Crippen LogP contribution in [0.25, 0.3) is 5.76 Å². The number of hydrogen-bond acceptors (Lipinski definition) is 4. The second-order valence-electron chi connectivity index (χ2n) is 3.58. The van der Waals surface area contributed by atoms with Crippen LogP contribution in [0.3, 0.4) is 0 Å². The second-order valence-corrected chi connectivity index (χ2v) is 6.13. The van der Waals surface area contributed by atoms with E-state index in [1.807, 2.05) is 10.8 Å². The molecule has 3 nitrogen and oxygen atoms in total. The molecule has 0 amide bonds. The van der Waals surface area contributed by atoms with Gasteiger partial charge in [0, 0.05) is 10.9 Å². The van der Waals surface area contributed by atoms with Crippen LogP contribution in [0.15, 0.2) is 51.4 Å². The molecule has 0 bridgehead atoms. The summed E-state index contributed by atoms with van der Waals surface area (Å²) in [5, 5.41) is 4.88. The number of benzene rings is 1. The molecule has 1 aliphatic rings. The van der Waals surface area contributed by atoms with Gasteiger partial charge in [0.2, 0.25) is 9.84 Å². The van der Waals surface area contributed by atoms with Crippen molar-refractivity contribution in [1.82, 2.24) is 0 Å². The summed E-state index contributed by atoms with van der Waals surface area (Å²) in [6, 6.07) is 8.64. The van der Waals surface area contributed by atoms with E-state index in [1.54, 1.807) is 30.3 Å². The summed E-state index contributed by atoms with van der Waals surface area (Å²) in [5.41, 5.74) is 0.624. The Morgan fingerprint density at radius 2 is 1.94 bits per heavy atom. The van der Waals surface area contributed by atoms with Crippen LogP contribution in [0.5, 0.6) is 5.75 Å². The van der Waals surface area contributed by atoms with Crippen molar-refractivity contribution < 1.29 is 13.2 Å². The lowest BCUT2D eigenvalue weighted by Crippen LogP contribution is -1.92. The topological polar surface area (TPSA) is 43.4 Å². The van der Waals surface area contributed by atoms with Crippen molar-refractivity contribution >= 4 is 26.9 Å². The molecule has 0 atom stereocenters. The normalized spacial score (nSPS) is 16.4. The Labute approximate surface area is 103 Å². The highest BCUT2D eigenvalue weighted by molar-refractivity contribution is 7.94. The first-order valence-electron chi connectivity index (χ1n) is 4.93. The Morgan fingerprint density at radius 3 is 2.71 bits per heavy atom. The second kappa shape index (κ2) is 3.72. The Bertz CT molecular complexity index is 682. The average Bonchev–Trinajstić information content (AvgIpc) is 2.88. The summed E-state index contributed by atoms with van der Waals surface area (Å²) < 4.78 is 29.2. The molecule has 0 saturated heterocycles. The molecule has 0 radical (unpaired) electrons. The molecule has 0 saturated carbocycles. The van der Waals surface area contributed by atoms with Gasteiger partial charge in [0.05, 0.1) is 10.3 Å². The first-order chi connectivity index (χ1) is 8.17. The lowest BCUT2D eigenvalue weighted by Gasteiger charge is -2.04. The van der Waals surface area contributed by atoms with Crippen molar-refractivity contribution in [2.75, 3.05) is 0 Å². The molecule has 0 fully saturated rings. The summed E-state index contributed by atoms with van der Waals surface area (Å²) in [6.07, 6.45) is 0. The van der Waals surface area contributed by atoms with Crippen LogP contribution in [-0.2, 0) is 9.84 Å². The van der Waals surface area contributed by atoms with Gasteiger partial charge in [-0.2, -0.15) is 0 Å². The van der Waals surface area contributed by atoms with Crippen LogP contribution in [-0.4, -0.2) is 8.42 Å². The molecule has 3 rings (SSSR count). The molecular weight excluding hydrogens is 256 g/mol. The molecule has 1 aromatic heterocycles. The maximum Gasteiger partial charge on any atom is 0.204 e. The van der Waals surface area contributed by atoms with Gasteiger partial charge in [-0.05, 0) is 23.6 Å². The highest BCUT2D eigenvalue weighted by atomic mass is 32.2. The Morgan fingerprint density at radius 1 is 1.12 bits per heavy atom. The molecule has 0 aliphatic carbocycles. The van der Waals surface area contributed by atoms with Crippen molar-refractivity contribution in [3.63, 3.8) is 0 Å². The maximum atomic E-state index is 11.8. The number of sulfone groups is 1. The van der Waals surface area contributed by atoms with Gasteiger partial charge < -0.3 is 4.74 Å². The third-order valence-corrected chi connectivity index (χ3v) is 4.60. The van der Waals surface area contributed by atoms with E-state index in [9.17, 15) is 8.42 Å². The highest BCUT2D eigenvalue weighted by Crippen LogP contribution is 2.34. The fourth-order valence-corrected chi connectivity index (χ4v) is 3.58. The van der Waals surface area contributed by atoms with Crippen molar-refractivity contribution in [1.29, 1.82) is 0 Å². The molecular formula is C12H8O3S2. The van der Waals surface area contributed by atoms with E-state index in [4.69, 9.17) is 4.74 Å². The summed E-state index contributed by atoms with van der Waals surface area (Å²) in [6.45, 7) is 0. The van der Waals surface area contributed by atoms with Crippen molar-refractivity contribution in [3.8, 4) is 5.75 Å². The summed E-state index contributed by atoms with van der Waals surface area (Å²) in [5.74, 6) is 1.05. The van der Waals surface area contributed by atoms with Crippen LogP contribution < -0.4 is 4.74 Å². The minimum atomic E-state index is -3.34. The monoisotopic (exact) mass is 264 g/mol. The summed E-state index contributed by atoms with van der Waals surface area (Å²) >= 11 is 1.50. The van der Waals surface area contributed by atoms with Gasteiger partial charge in [-0.1, -0.05) is 12.1 Å². The first kappa shape index (κ1) is 10.6. The molecule has 2 heterocycles. The predicted octanol–water partition coefficient (Wildman–Crippen LogP) is 2.91. The minimum Gasteiger partial charge on any atom is -0.455 e. The van der Waals surface area contributed by atoms with Gasteiger partial charge in [-0.25, -0.2) is 8.42 Å². The third kappa shape index (κ3) is 1.77. The molecule has 5 heteroatoms. The number of rotatable bonds is 2. The summed E-state index contributed by atoms with van der Waals surface area (Å²) in [4.78, 5) is 0.310. The van der Waals surface area contributed by atoms with E-state index in [1.165, 1.54) is 16.7 Å². The Hall–Kier alpha value is -1.59. The number of thiophene rings is 1. The maximum absolute atomic E-state index is 11.8. The average molecular weight is 264 g/mol. The Kier molecular flexibility index (Phi) is 2.31. The molecule has 0 unspecified atom stereocenters. The Balaban J connectivity index is 2.08. The molecule has 17 heavy (non-hydrogen) atoms. The SMILES string of the molecule is O=S1(=O)C=C(Oc2ccsc2)c2ccccc21. The number of ether oxygens (including phenoxy) is 1. The fraction of sp³-hybridized carbons (Fsp3) is 0. The van der Waals surface area contributed by atoms with E-state index in [0.717, 1.165) is 0 Å². The van der Waals surface area contributed by atoms with Crippen molar-refractivity contribution in [2.24, 2.45) is 0 Å². The molecule has 1 aliphatic heterocycles. The zero-order valence-corrected chi connectivity index (χ0v) is 10.3. The lowest BCUT2D eigenvalue weighted by molar-refractivity contribution is 0.518. The molecule has 2 aromatic rings. The van der Waals surface area contributed by atoms with Crippen LogP contribution >= 0.6 is 11.3 Å². The predicted molar refractivity (Wildman–Crippen MR) is 66.6 cm³/mol. The molecule has 1 aromatic carbocycles. The van der Waals surface area contributed by atoms with Crippen LogP contribution in [0.2, 0.25) is 0 Å². The fourth-order valence-electron chi connectivity index (χ4n) is 1.70. The zero-order valence-electron chi connectivity index (χ0n) is 8.66. The van der Waals surface area contributed by atoms with Crippen molar-refractivity contribution in [3.05, 3.63) is 52.1 Å². The summed E-state index contributed by atoms with van der Waals surface area (Å²) in [7, 11) is -3.34. The van der Waals surface area contributed by atoms with E-state index < -0.39 is 9.84 Å². The lowest BCUT2D eigenvalue weighted by atomic mass is 10.2. The largest absolute Gasteiger partial charge is 0.455 e.